The molecule has 0 amide bonds. The highest BCUT2D eigenvalue weighted by atomic mass is 19.1. The van der Waals surface area contributed by atoms with Crippen LogP contribution >= 0.6 is 0 Å². The van der Waals surface area contributed by atoms with E-state index >= 15 is 0 Å². The third-order valence-electron chi connectivity index (χ3n) is 4.16. The predicted molar refractivity (Wildman–Crippen MR) is 81.3 cm³/mol. The zero-order valence-electron chi connectivity index (χ0n) is 12.1. The standard InChI is InChI=1S/C18H17FN2O/c19-14-8-6-13(7-9-14)18(10-3-11-20)16-5-2-1-4-15(16)17(12-21)22-18/h1-2,4-9,17H,3,10-11,20H2. The molecule has 0 aliphatic carbocycles. The van der Waals surface area contributed by atoms with Crippen LogP contribution in [0.3, 0.4) is 0 Å². The second-order valence-corrected chi connectivity index (χ2v) is 5.44. The summed E-state index contributed by atoms with van der Waals surface area (Å²) in [5.41, 5.74) is 7.65. The summed E-state index contributed by atoms with van der Waals surface area (Å²) in [6.45, 7) is 0.533. The van der Waals surface area contributed by atoms with Gasteiger partial charge in [-0.2, -0.15) is 5.26 Å². The molecule has 1 heterocycles. The Hall–Kier alpha value is -2.22. The maximum absolute atomic E-state index is 13.3. The van der Waals surface area contributed by atoms with Gasteiger partial charge in [-0.1, -0.05) is 36.4 Å². The number of nitrogens with zero attached hydrogens (tertiary/aromatic N) is 1. The minimum Gasteiger partial charge on any atom is -0.343 e. The first-order valence-corrected chi connectivity index (χ1v) is 7.34. The van der Waals surface area contributed by atoms with E-state index in [0.717, 1.165) is 23.1 Å². The first kappa shape index (κ1) is 14.7. The van der Waals surface area contributed by atoms with Crippen molar-refractivity contribution in [3.05, 3.63) is 71.0 Å². The Morgan fingerprint density at radius 3 is 2.59 bits per heavy atom. The van der Waals surface area contributed by atoms with Crippen molar-refractivity contribution in [2.45, 2.75) is 24.5 Å². The molecule has 1 aliphatic rings. The van der Waals surface area contributed by atoms with E-state index in [-0.39, 0.29) is 5.82 Å². The maximum atomic E-state index is 13.3. The number of ether oxygens (including phenoxy) is 1. The van der Waals surface area contributed by atoms with Crippen LogP contribution in [0, 0.1) is 17.1 Å². The lowest BCUT2D eigenvalue weighted by Crippen LogP contribution is -2.28. The molecule has 0 aromatic heterocycles. The van der Waals surface area contributed by atoms with Crippen LogP contribution < -0.4 is 5.73 Å². The first-order valence-electron chi connectivity index (χ1n) is 7.34. The average Bonchev–Trinajstić information content (AvgIpc) is 2.89. The number of hydrogen-bond donors (Lipinski definition) is 1. The number of fused-ring (bicyclic) bond motifs is 1. The van der Waals surface area contributed by atoms with Gasteiger partial charge in [-0.3, -0.25) is 0 Å². The van der Waals surface area contributed by atoms with E-state index in [1.165, 1.54) is 12.1 Å². The van der Waals surface area contributed by atoms with Gasteiger partial charge in [0.25, 0.3) is 0 Å². The Labute approximate surface area is 129 Å². The van der Waals surface area contributed by atoms with E-state index < -0.39 is 11.7 Å². The molecule has 112 valence electrons. The highest BCUT2D eigenvalue weighted by Crippen LogP contribution is 2.49. The summed E-state index contributed by atoms with van der Waals surface area (Å²) in [6.07, 6.45) is 0.799. The van der Waals surface area contributed by atoms with Crippen molar-refractivity contribution in [1.29, 1.82) is 5.26 Å². The van der Waals surface area contributed by atoms with E-state index in [9.17, 15) is 9.65 Å². The highest BCUT2D eigenvalue weighted by molar-refractivity contribution is 5.47. The molecule has 2 unspecified atom stereocenters. The fourth-order valence-electron chi connectivity index (χ4n) is 3.15. The number of nitriles is 1. The van der Waals surface area contributed by atoms with Gasteiger partial charge >= 0.3 is 0 Å². The number of nitrogens with two attached hydrogens (primary N) is 1. The van der Waals surface area contributed by atoms with Gasteiger partial charge < -0.3 is 10.5 Å². The molecule has 2 atom stereocenters. The van der Waals surface area contributed by atoms with Crippen LogP contribution in [0.25, 0.3) is 0 Å². The number of rotatable bonds is 4. The predicted octanol–water partition coefficient (Wildman–Crippen LogP) is 3.40. The lowest BCUT2D eigenvalue weighted by Gasteiger charge is -2.30. The average molecular weight is 296 g/mol. The lowest BCUT2D eigenvalue weighted by molar-refractivity contribution is -0.0315. The molecular weight excluding hydrogens is 279 g/mol. The molecule has 1 aliphatic heterocycles. The smallest absolute Gasteiger partial charge is 0.171 e. The van der Waals surface area contributed by atoms with E-state index in [2.05, 4.69) is 6.07 Å². The third-order valence-corrected chi connectivity index (χ3v) is 4.16. The fourth-order valence-corrected chi connectivity index (χ4v) is 3.15. The monoisotopic (exact) mass is 296 g/mol. The second-order valence-electron chi connectivity index (χ2n) is 5.44. The van der Waals surface area contributed by atoms with Gasteiger partial charge in [0.2, 0.25) is 0 Å². The zero-order chi connectivity index (χ0) is 15.6. The summed E-state index contributed by atoms with van der Waals surface area (Å²) in [7, 11) is 0. The summed E-state index contributed by atoms with van der Waals surface area (Å²) >= 11 is 0. The molecule has 0 bridgehead atoms. The summed E-state index contributed by atoms with van der Waals surface area (Å²) in [5.74, 6) is -0.291. The van der Waals surface area contributed by atoms with Crippen LogP contribution in [-0.2, 0) is 10.3 Å². The molecule has 2 aromatic carbocycles. The van der Waals surface area contributed by atoms with Crippen molar-refractivity contribution in [3.63, 3.8) is 0 Å². The van der Waals surface area contributed by atoms with Crippen LogP contribution in [-0.4, -0.2) is 6.54 Å². The molecule has 3 rings (SSSR count). The third kappa shape index (κ3) is 2.29. The summed E-state index contributed by atoms with van der Waals surface area (Å²) in [4.78, 5) is 0. The van der Waals surface area contributed by atoms with Gasteiger partial charge in [-0.25, -0.2) is 4.39 Å². The van der Waals surface area contributed by atoms with Crippen LogP contribution in [0.4, 0.5) is 4.39 Å². The van der Waals surface area contributed by atoms with Crippen molar-refractivity contribution < 1.29 is 9.13 Å². The van der Waals surface area contributed by atoms with Gasteiger partial charge in [-0.05, 0) is 42.6 Å². The Morgan fingerprint density at radius 1 is 1.18 bits per heavy atom. The van der Waals surface area contributed by atoms with Crippen molar-refractivity contribution >= 4 is 0 Å². The summed E-state index contributed by atoms with van der Waals surface area (Å²) in [6, 6.07) is 16.2. The van der Waals surface area contributed by atoms with Crippen molar-refractivity contribution in [1.82, 2.24) is 0 Å². The molecule has 4 heteroatoms. The minimum atomic E-state index is -0.732. The molecule has 0 fully saturated rings. The molecule has 2 N–H and O–H groups in total. The summed E-state index contributed by atoms with van der Waals surface area (Å²) < 4.78 is 19.4. The van der Waals surface area contributed by atoms with Gasteiger partial charge in [0.15, 0.2) is 6.10 Å². The number of halogens is 1. The molecule has 2 aromatic rings. The van der Waals surface area contributed by atoms with E-state index in [1.807, 2.05) is 24.3 Å². The van der Waals surface area contributed by atoms with Crippen LogP contribution in [0.1, 0.15) is 35.6 Å². The van der Waals surface area contributed by atoms with Gasteiger partial charge in [0.05, 0.1) is 6.07 Å². The number of hydrogen-bond acceptors (Lipinski definition) is 3. The molecule has 0 saturated carbocycles. The molecule has 3 nitrogen and oxygen atoms in total. The Balaban J connectivity index is 2.16. The normalized spacial score (nSPS) is 23.0. The van der Waals surface area contributed by atoms with Gasteiger partial charge in [-0.15, -0.1) is 0 Å². The van der Waals surface area contributed by atoms with Crippen molar-refractivity contribution in [2.75, 3.05) is 6.54 Å². The van der Waals surface area contributed by atoms with Crippen LogP contribution in [0.5, 0.6) is 0 Å². The highest BCUT2D eigenvalue weighted by Gasteiger charge is 2.45. The van der Waals surface area contributed by atoms with Gasteiger partial charge in [0.1, 0.15) is 11.4 Å². The first-order chi connectivity index (χ1) is 10.7. The van der Waals surface area contributed by atoms with Crippen molar-refractivity contribution in [2.24, 2.45) is 5.73 Å². The second kappa shape index (κ2) is 5.88. The minimum absolute atomic E-state index is 0.291. The molecule has 0 spiro atoms. The zero-order valence-corrected chi connectivity index (χ0v) is 12.1. The maximum Gasteiger partial charge on any atom is 0.171 e. The van der Waals surface area contributed by atoms with E-state index in [4.69, 9.17) is 10.5 Å². The Kier molecular flexibility index (Phi) is 3.93. The van der Waals surface area contributed by atoms with Crippen LogP contribution in [0.2, 0.25) is 0 Å². The Morgan fingerprint density at radius 2 is 1.91 bits per heavy atom. The molecule has 22 heavy (non-hydrogen) atoms. The van der Waals surface area contributed by atoms with E-state index in [1.54, 1.807) is 12.1 Å². The molecule has 0 saturated heterocycles. The van der Waals surface area contributed by atoms with Gasteiger partial charge in [0, 0.05) is 5.56 Å². The Bertz CT molecular complexity index is 708. The molecule has 0 radical (unpaired) electrons. The largest absolute Gasteiger partial charge is 0.343 e. The SMILES string of the molecule is N#CC1OC(CCCN)(c2ccc(F)cc2)c2ccccc21. The quantitative estimate of drug-likeness (QED) is 0.940. The van der Waals surface area contributed by atoms with Crippen molar-refractivity contribution in [3.8, 4) is 6.07 Å². The van der Waals surface area contributed by atoms with E-state index in [0.29, 0.717) is 13.0 Å². The summed E-state index contributed by atoms with van der Waals surface area (Å²) in [5, 5.41) is 9.40. The fraction of sp³-hybridized carbons (Fsp3) is 0.278. The lowest BCUT2D eigenvalue weighted by atomic mass is 9.82. The number of benzene rings is 2. The topological polar surface area (TPSA) is 59.0 Å². The van der Waals surface area contributed by atoms with Crippen LogP contribution in [0.15, 0.2) is 48.5 Å². The molecular formula is C18H17FN2O.